The number of benzene rings is 1. The molecule has 1 heterocycles. The molecule has 1 N–H and O–H groups in total. The van der Waals surface area contributed by atoms with E-state index in [2.05, 4.69) is 42.7 Å². The molecule has 19 heavy (non-hydrogen) atoms. The van der Waals surface area contributed by atoms with Crippen molar-refractivity contribution in [3.8, 4) is 6.07 Å². The van der Waals surface area contributed by atoms with Crippen LogP contribution in [0, 0.1) is 18.3 Å². The molecule has 1 aromatic carbocycles. The van der Waals surface area contributed by atoms with E-state index in [1.165, 1.54) is 4.88 Å². The zero-order valence-corrected chi connectivity index (χ0v) is 12.3. The van der Waals surface area contributed by atoms with Crippen molar-refractivity contribution in [2.75, 3.05) is 11.9 Å². The fourth-order valence-electron chi connectivity index (χ4n) is 1.97. The number of rotatable bonds is 4. The molecule has 3 heteroatoms. The van der Waals surface area contributed by atoms with Gasteiger partial charge in [-0.25, -0.2) is 0 Å². The van der Waals surface area contributed by atoms with E-state index in [1.54, 1.807) is 11.3 Å². The lowest BCUT2D eigenvalue weighted by Gasteiger charge is -2.24. The van der Waals surface area contributed by atoms with Crippen molar-refractivity contribution in [1.29, 1.82) is 5.26 Å². The molecule has 0 atom stereocenters. The predicted octanol–water partition coefficient (Wildman–Crippen LogP) is 4.32. The Morgan fingerprint density at radius 2 is 2.11 bits per heavy atom. The molecule has 0 saturated heterocycles. The maximum atomic E-state index is 9.17. The van der Waals surface area contributed by atoms with Gasteiger partial charge < -0.3 is 5.32 Å². The van der Waals surface area contributed by atoms with Gasteiger partial charge in [0.1, 0.15) is 6.07 Å². The van der Waals surface area contributed by atoms with Crippen LogP contribution in [0.15, 0.2) is 35.7 Å². The van der Waals surface area contributed by atoms with E-state index >= 15 is 0 Å². The molecule has 1 aromatic heterocycles. The first-order valence-corrected chi connectivity index (χ1v) is 7.19. The third kappa shape index (κ3) is 3.15. The predicted molar refractivity (Wildman–Crippen MR) is 81.7 cm³/mol. The lowest BCUT2D eigenvalue weighted by Crippen LogP contribution is -2.26. The molecule has 98 valence electrons. The fourth-order valence-corrected chi connectivity index (χ4v) is 2.82. The highest BCUT2D eigenvalue weighted by atomic mass is 32.1. The summed E-state index contributed by atoms with van der Waals surface area (Å²) < 4.78 is 0. The quantitative estimate of drug-likeness (QED) is 0.898. The lowest BCUT2D eigenvalue weighted by atomic mass is 9.91. The Bertz CT molecular complexity index is 592. The summed E-state index contributed by atoms with van der Waals surface area (Å²) in [5.41, 5.74) is 2.80. The second kappa shape index (κ2) is 5.46. The standard InChI is InChI=1S/C16H18N2S/c1-12-6-7-14(13(9-12)10-17)18-11-16(2,3)15-5-4-8-19-15/h4-9,18H,11H2,1-3H3. The van der Waals surface area contributed by atoms with Crippen LogP contribution >= 0.6 is 11.3 Å². The van der Waals surface area contributed by atoms with Gasteiger partial charge in [0.25, 0.3) is 0 Å². The summed E-state index contributed by atoms with van der Waals surface area (Å²) in [5.74, 6) is 0. The molecule has 0 radical (unpaired) electrons. The first-order valence-electron chi connectivity index (χ1n) is 6.31. The minimum Gasteiger partial charge on any atom is -0.383 e. The minimum absolute atomic E-state index is 0.0613. The van der Waals surface area contributed by atoms with Gasteiger partial charge in [0, 0.05) is 16.8 Å². The number of nitriles is 1. The van der Waals surface area contributed by atoms with Crippen LogP contribution in [0.5, 0.6) is 0 Å². The van der Waals surface area contributed by atoms with Gasteiger partial charge in [-0.3, -0.25) is 0 Å². The SMILES string of the molecule is Cc1ccc(NCC(C)(C)c2cccs2)c(C#N)c1. The summed E-state index contributed by atoms with van der Waals surface area (Å²) in [5, 5.41) is 14.7. The van der Waals surface area contributed by atoms with Crippen LogP contribution in [-0.4, -0.2) is 6.54 Å². The van der Waals surface area contributed by atoms with Crippen molar-refractivity contribution in [2.45, 2.75) is 26.2 Å². The molecule has 0 bridgehead atoms. The highest BCUT2D eigenvalue weighted by molar-refractivity contribution is 7.10. The van der Waals surface area contributed by atoms with Crippen molar-refractivity contribution in [3.63, 3.8) is 0 Å². The summed E-state index contributed by atoms with van der Waals surface area (Å²) in [7, 11) is 0. The van der Waals surface area contributed by atoms with E-state index in [-0.39, 0.29) is 5.41 Å². The van der Waals surface area contributed by atoms with Crippen molar-refractivity contribution >= 4 is 17.0 Å². The zero-order valence-electron chi connectivity index (χ0n) is 11.5. The average molecular weight is 270 g/mol. The fraction of sp³-hybridized carbons (Fsp3) is 0.312. The van der Waals surface area contributed by atoms with Crippen LogP contribution in [0.2, 0.25) is 0 Å². The molecule has 2 nitrogen and oxygen atoms in total. The summed E-state index contributed by atoms with van der Waals surface area (Å²) in [4.78, 5) is 1.35. The first kappa shape index (κ1) is 13.6. The highest BCUT2D eigenvalue weighted by Crippen LogP contribution is 2.28. The van der Waals surface area contributed by atoms with Crippen molar-refractivity contribution in [2.24, 2.45) is 0 Å². The smallest absolute Gasteiger partial charge is 0.101 e. The highest BCUT2D eigenvalue weighted by Gasteiger charge is 2.21. The maximum Gasteiger partial charge on any atom is 0.101 e. The monoisotopic (exact) mass is 270 g/mol. The Kier molecular flexibility index (Phi) is 3.92. The second-order valence-electron chi connectivity index (χ2n) is 5.38. The van der Waals surface area contributed by atoms with E-state index in [1.807, 2.05) is 25.1 Å². The number of hydrogen-bond acceptors (Lipinski definition) is 3. The lowest BCUT2D eigenvalue weighted by molar-refractivity contribution is 0.569. The number of nitrogens with one attached hydrogen (secondary N) is 1. The molecule has 0 aliphatic carbocycles. The van der Waals surface area contributed by atoms with E-state index in [4.69, 9.17) is 5.26 Å². The van der Waals surface area contributed by atoms with Gasteiger partial charge in [0.15, 0.2) is 0 Å². The van der Waals surface area contributed by atoms with Gasteiger partial charge in [0.05, 0.1) is 11.3 Å². The summed E-state index contributed by atoms with van der Waals surface area (Å²) in [6.45, 7) is 7.24. The van der Waals surface area contributed by atoms with Crippen molar-refractivity contribution in [1.82, 2.24) is 0 Å². The largest absolute Gasteiger partial charge is 0.383 e. The first-order chi connectivity index (χ1) is 9.03. The van der Waals surface area contributed by atoms with Crippen LogP contribution in [0.3, 0.4) is 0 Å². The Balaban J connectivity index is 2.13. The number of hydrogen-bond donors (Lipinski definition) is 1. The van der Waals surface area contributed by atoms with Crippen LogP contribution in [-0.2, 0) is 5.41 Å². The molecule has 2 aromatic rings. The van der Waals surface area contributed by atoms with E-state index < -0.39 is 0 Å². The third-order valence-corrected chi connectivity index (χ3v) is 4.44. The van der Waals surface area contributed by atoms with Gasteiger partial charge >= 0.3 is 0 Å². The molecule has 0 saturated carbocycles. The zero-order chi connectivity index (χ0) is 13.9. The van der Waals surface area contributed by atoms with E-state index in [0.29, 0.717) is 5.56 Å². The van der Waals surface area contributed by atoms with Gasteiger partial charge in [-0.1, -0.05) is 26.0 Å². The number of anilines is 1. The third-order valence-electron chi connectivity index (χ3n) is 3.20. The van der Waals surface area contributed by atoms with E-state index in [9.17, 15) is 0 Å². The summed E-state index contributed by atoms with van der Waals surface area (Å²) >= 11 is 1.77. The molecule has 0 fully saturated rings. The molecule has 0 aliphatic rings. The van der Waals surface area contributed by atoms with Crippen LogP contribution in [0.4, 0.5) is 5.69 Å². The molecular weight excluding hydrogens is 252 g/mol. The molecule has 2 rings (SSSR count). The van der Waals surface area contributed by atoms with Gasteiger partial charge in [-0.05, 0) is 36.1 Å². The van der Waals surface area contributed by atoms with Crippen LogP contribution in [0.25, 0.3) is 0 Å². The van der Waals surface area contributed by atoms with Crippen LogP contribution in [0.1, 0.15) is 29.9 Å². The van der Waals surface area contributed by atoms with Crippen molar-refractivity contribution in [3.05, 3.63) is 51.7 Å². The Morgan fingerprint density at radius 3 is 2.74 bits per heavy atom. The molecular formula is C16H18N2S. The van der Waals surface area contributed by atoms with E-state index in [0.717, 1.165) is 17.8 Å². The molecule has 0 unspecified atom stereocenters. The minimum atomic E-state index is 0.0613. The molecule has 0 spiro atoms. The normalized spacial score (nSPS) is 11.1. The van der Waals surface area contributed by atoms with Gasteiger partial charge in [-0.2, -0.15) is 5.26 Å². The Hall–Kier alpha value is -1.79. The van der Waals surface area contributed by atoms with Crippen LogP contribution < -0.4 is 5.32 Å². The van der Waals surface area contributed by atoms with Crippen molar-refractivity contribution < 1.29 is 0 Å². The number of aryl methyl sites for hydroxylation is 1. The molecule has 0 amide bonds. The average Bonchev–Trinajstić information content (AvgIpc) is 2.91. The summed E-state index contributed by atoms with van der Waals surface area (Å²) in [6, 6.07) is 12.4. The Labute approximate surface area is 118 Å². The van der Waals surface area contributed by atoms with Gasteiger partial charge in [0.2, 0.25) is 0 Å². The second-order valence-corrected chi connectivity index (χ2v) is 6.32. The summed E-state index contributed by atoms with van der Waals surface area (Å²) in [6.07, 6.45) is 0. The van der Waals surface area contributed by atoms with Gasteiger partial charge in [-0.15, -0.1) is 11.3 Å². The topological polar surface area (TPSA) is 35.8 Å². The molecule has 0 aliphatic heterocycles. The maximum absolute atomic E-state index is 9.17. The Morgan fingerprint density at radius 1 is 1.32 bits per heavy atom. The number of thiophene rings is 1. The number of nitrogens with zero attached hydrogens (tertiary/aromatic N) is 1.